The summed E-state index contributed by atoms with van der Waals surface area (Å²) in [6.07, 6.45) is 1.05. The zero-order valence-corrected chi connectivity index (χ0v) is 11.9. The summed E-state index contributed by atoms with van der Waals surface area (Å²) in [5.41, 5.74) is 1.34. The van der Waals surface area contributed by atoms with Crippen LogP contribution in [0, 0.1) is 6.92 Å². The van der Waals surface area contributed by atoms with Crippen LogP contribution in [-0.4, -0.2) is 27.5 Å². The molecule has 0 bridgehead atoms. The standard InChI is InChI=1S/C10H11ClN2OS.C2H6/c1-7-3-4-8(11)12-9(7)10(14)13-5-2-6-15-13;1-2/h3-4H,2,5-6H2,1H3;1-2H3. The van der Waals surface area contributed by atoms with E-state index in [0.29, 0.717) is 10.8 Å². The summed E-state index contributed by atoms with van der Waals surface area (Å²) in [5.74, 6) is 0.975. The van der Waals surface area contributed by atoms with Crippen molar-refractivity contribution in [2.75, 3.05) is 12.3 Å². The average molecular weight is 273 g/mol. The molecule has 0 aliphatic carbocycles. The van der Waals surface area contributed by atoms with Crippen molar-refractivity contribution in [2.24, 2.45) is 0 Å². The molecule has 94 valence electrons. The first-order chi connectivity index (χ1) is 8.18. The Labute approximate surface area is 112 Å². The van der Waals surface area contributed by atoms with Gasteiger partial charge in [0.2, 0.25) is 0 Å². The number of rotatable bonds is 1. The number of halogens is 1. The number of pyridine rings is 1. The molecule has 0 atom stereocenters. The SMILES string of the molecule is CC.Cc1ccc(Cl)nc1C(=O)N1CCCS1. The average Bonchev–Trinajstić information content (AvgIpc) is 2.88. The Morgan fingerprint density at radius 2 is 2.18 bits per heavy atom. The molecule has 0 saturated carbocycles. The van der Waals surface area contributed by atoms with E-state index in [2.05, 4.69) is 4.98 Å². The van der Waals surface area contributed by atoms with Crippen LogP contribution in [0.4, 0.5) is 0 Å². The summed E-state index contributed by atoms with van der Waals surface area (Å²) in [7, 11) is 0. The minimum atomic E-state index is -0.0301. The van der Waals surface area contributed by atoms with Crippen molar-refractivity contribution in [1.82, 2.24) is 9.29 Å². The van der Waals surface area contributed by atoms with Crippen LogP contribution in [0.25, 0.3) is 0 Å². The fraction of sp³-hybridized carbons (Fsp3) is 0.500. The lowest BCUT2D eigenvalue weighted by Crippen LogP contribution is -2.23. The molecule has 1 aliphatic rings. The molecule has 1 aromatic rings. The van der Waals surface area contributed by atoms with Crippen molar-refractivity contribution in [2.45, 2.75) is 27.2 Å². The van der Waals surface area contributed by atoms with Gasteiger partial charge in [0.25, 0.3) is 5.91 Å². The number of nitrogens with zero attached hydrogens (tertiary/aromatic N) is 2. The molecule has 17 heavy (non-hydrogen) atoms. The molecule has 0 spiro atoms. The molecule has 2 rings (SSSR count). The van der Waals surface area contributed by atoms with Crippen molar-refractivity contribution in [3.63, 3.8) is 0 Å². The second-order valence-corrected chi connectivity index (χ2v) is 4.89. The van der Waals surface area contributed by atoms with Gasteiger partial charge in [-0.25, -0.2) is 4.98 Å². The van der Waals surface area contributed by atoms with Gasteiger partial charge in [0.05, 0.1) is 0 Å². The minimum absolute atomic E-state index is 0.0301. The number of carbonyl (C=O) groups excluding carboxylic acids is 1. The summed E-state index contributed by atoms with van der Waals surface area (Å²) >= 11 is 7.34. The van der Waals surface area contributed by atoms with E-state index in [0.717, 1.165) is 24.3 Å². The summed E-state index contributed by atoms with van der Waals surface area (Å²) in [6, 6.07) is 3.52. The molecular weight excluding hydrogens is 256 g/mol. The van der Waals surface area contributed by atoms with Crippen LogP contribution in [0.15, 0.2) is 12.1 Å². The number of hydrogen-bond acceptors (Lipinski definition) is 3. The van der Waals surface area contributed by atoms with Gasteiger partial charge in [-0.1, -0.05) is 31.5 Å². The van der Waals surface area contributed by atoms with Crippen molar-refractivity contribution in [3.05, 3.63) is 28.5 Å². The number of aryl methyl sites for hydroxylation is 1. The van der Waals surface area contributed by atoms with Crippen LogP contribution in [0.1, 0.15) is 36.3 Å². The number of amides is 1. The third-order valence-corrected chi connectivity index (χ3v) is 3.59. The Morgan fingerprint density at radius 1 is 1.47 bits per heavy atom. The lowest BCUT2D eigenvalue weighted by molar-refractivity contribution is 0.0872. The first kappa shape index (κ1) is 14.3. The van der Waals surface area contributed by atoms with Crippen molar-refractivity contribution >= 4 is 29.5 Å². The highest BCUT2D eigenvalue weighted by Crippen LogP contribution is 2.23. The van der Waals surface area contributed by atoms with E-state index in [1.165, 1.54) is 0 Å². The first-order valence-electron chi connectivity index (χ1n) is 5.76. The molecule has 0 aromatic carbocycles. The molecule has 0 N–H and O–H groups in total. The third-order valence-electron chi connectivity index (χ3n) is 2.24. The number of hydrogen-bond donors (Lipinski definition) is 0. The highest BCUT2D eigenvalue weighted by Gasteiger charge is 2.23. The van der Waals surface area contributed by atoms with Crippen LogP contribution < -0.4 is 0 Å². The van der Waals surface area contributed by atoms with Gasteiger partial charge in [0.1, 0.15) is 10.8 Å². The Balaban J connectivity index is 0.000000686. The van der Waals surface area contributed by atoms with E-state index in [-0.39, 0.29) is 5.91 Å². The Kier molecular flexibility index (Phi) is 5.78. The zero-order valence-electron chi connectivity index (χ0n) is 10.4. The van der Waals surface area contributed by atoms with Gasteiger partial charge in [-0.15, -0.1) is 0 Å². The minimum Gasteiger partial charge on any atom is -0.281 e. The normalized spacial score (nSPS) is 14.2. The van der Waals surface area contributed by atoms with E-state index < -0.39 is 0 Å². The molecule has 0 unspecified atom stereocenters. The van der Waals surface area contributed by atoms with E-state index in [4.69, 9.17) is 11.6 Å². The quantitative estimate of drug-likeness (QED) is 0.579. The van der Waals surface area contributed by atoms with Gasteiger partial charge < -0.3 is 0 Å². The highest BCUT2D eigenvalue weighted by atomic mass is 35.5. The van der Waals surface area contributed by atoms with Crippen molar-refractivity contribution in [3.8, 4) is 0 Å². The first-order valence-corrected chi connectivity index (χ1v) is 7.08. The van der Waals surface area contributed by atoms with E-state index in [1.807, 2.05) is 26.8 Å². The Hall–Kier alpha value is -0.740. The van der Waals surface area contributed by atoms with Crippen LogP contribution in [-0.2, 0) is 0 Å². The molecule has 1 fully saturated rings. The molecule has 1 aromatic heterocycles. The molecule has 1 amide bonds. The summed E-state index contributed by atoms with van der Waals surface area (Å²) in [5, 5.41) is 0.369. The topological polar surface area (TPSA) is 33.2 Å². The van der Waals surface area contributed by atoms with Crippen LogP contribution in [0.3, 0.4) is 0 Å². The second kappa shape index (κ2) is 6.87. The third kappa shape index (κ3) is 3.61. The van der Waals surface area contributed by atoms with Crippen LogP contribution in [0.2, 0.25) is 5.15 Å². The highest BCUT2D eigenvalue weighted by molar-refractivity contribution is 7.97. The van der Waals surface area contributed by atoms with Gasteiger partial charge in [-0.3, -0.25) is 9.10 Å². The van der Waals surface area contributed by atoms with Crippen molar-refractivity contribution in [1.29, 1.82) is 0 Å². The molecule has 1 aliphatic heterocycles. The smallest absolute Gasteiger partial charge is 0.281 e. The van der Waals surface area contributed by atoms with Gasteiger partial charge in [0, 0.05) is 12.3 Å². The predicted octanol–water partition coefficient (Wildman–Crippen LogP) is 3.56. The lowest BCUT2D eigenvalue weighted by atomic mass is 10.2. The van der Waals surface area contributed by atoms with Gasteiger partial charge in [-0.2, -0.15) is 0 Å². The molecule has 5 heteroatoms. The van der Waals surface area contributed by atoms with Gasteiger partial charge in [0.15, 0.2) is 0 Å². The zero-order chi connectivity index (χ0) is 12.8. The number of carbonyl (C=O) groups is 1. The second-order valence-electron chi connectivity index (χ2n) is 3.39. The van der Waals surface area contributed by atoms with Crippen LogP contribution in [0.5, 0.6) is 0 Å². The van der Waals surface area contributed by atoms with Crippen molar-refractivity contribution < 1.29 is 4.79 Å². The molecule has 0 radical (unpaired) electrons. The monoisotopic (exact) mass is 272 g/mol. The largest absolute Gasteiger partial charge is 0.282 e. The van der Waals surface area contributed by atoms with Crippen LogP contribution >= 0.6 is 23.5 Å². The maximum absolute atomic E-state index is 12.0. The maximum atomic E-state index is 12.0. The summed E-state index contributed by atoms with van der Waals surface area (Å²) in [4.78, 5) is 16.1. The maximum Gasteiger partial charge on any atom is 0.282 e. The van der Waals surface area contributed by atoms with E-state index in [9.17, 15) is 4.79 Å². The Morgan fingerprint density at radius 3 is 2.76 bits per heavy atom. The fourth-order valence-corrected chi connectivity index (χ4v) is 2.54. The predicted molar refractivity (Wildman–Crippen MR) is 73.4 cm³/mol. The van der Waals surface area contributed by atoms with E-state index >= 15 is 0 Å². The summed E-state index contributed by atoms with van der Waals surface area (Å²) < 4.78 is 1.76. The Bertz CT molecular complexity index is 392. The molecule has 3 nitrogen and oxygen atoms in total. The lowest BCUT2D eigenvalue weighted by Gasteiger charge is -2.14. The molecule has 1 saturated heterocycles. The molecule has 2 heterocycles. The van der Waals surface area contributed by atoms with E-state index in [1.54, 1.807) is 22.3 Å². The fourth-order valence-electron chi connectivity index (χ4n) is 1.45. The number of aromatic nitrogens is 1. The van der Waals surface area contributed by atoms with Gasteiger partial charge in [-0.05, 0) is 36.9 Å². The molecular formula is C12H17ClN2OS. The summed E-state index contributed by atoms with van der Waals surface area (Å²) in [6.45, 7) is 6.68. The van der Waals surface area contributed by atoms with Gasteiger partial charge >= 0.3 is 0 Å².